The zero-order valence-electron chi connectivity index (χ0n) is 11.1. The van der Waals surface area contributed by atoms with Gasteiger partial charge in [0.2, 0.25) is 0 Å². The highest BCUT2D eigenvalue weighted by Gasteiger charge is 2.07. The van der Waals surface area contributed by atoms with Crippen molar-refractivity contribution in [1.29, 1.82) is 0 Å². The van der Waals surface area contributed by atoms with Gasteiger partial charge in [0.25, 0.3) is 0 Å². The Morgan fingerprint density at radius 1 is 1.29 bits per heavy atom. The molecule has 0 saturated carbocycles. The second-order valence-electron chi connectivity index (χ2n) is 4.47. The summed E-state index contributed by atoms with van der Waals surface area (Å²) < 4.78 is 5.91. The predicted molar refractivity (Wildman–Crippen MR) is 75.3 cm³/mol. The molecule has 1 aromatic carbocycles. The normalized spacial score (nSPS) is 12.1. The van der Waals surface area contributed by atoms with Crippen LogP contribution in [-0.4, -0.2) is 6.61 Å². The Bertz CT molecular complexity index is 330. The van der Waals surface area contributed by atoms with E-state index in [-0.39, 0.29) is 0 Å². The van der Waals surface area contributed by atoms with Gasteiger partial charge in [0.05, 0.1) is 6.61 Å². The van der Waals surface area contributed by atoms with Crippen LogP contribution in [0.2, 0.25) is 0 Å². The number of hydrogen-bond acceptors (Lipinski definition) is 1. The standard InChI is InChI=1S/C16H24O/c1-4-7-10-14(5-2)13-17-16-12-9-8-11-15(16)6-3/h6,8-9,11-12,14H,3-5,7,10,13H2,1-2H3. The number of benzene rings is 1. The molecule has 1 rings (SSSR count). The van der Waals surface area contributed by atoms with Gasteiger partial charge in [-0.25, -0.2) is 0 Å². The number of unbranched alkanes of at least 4 members (excludes halogenated alkanes) is 1. The average molecular weight is 232 g/mol. The molecule has 17 heavy (non-hydrogen) atoms. The van der Waals surface area contributed by atoms with Crippen LogP contribution in [0.3, 0.4) is 0 Å². The third kappa shape index (κ3) is 4.64. The van der Waals surface area contributed by atoms with Crippen LogP contribution in [0.15, 0.2) is 30.8 Å². The topological polar surface area (TPSA) is 9.23 Å². The highest BCUT2D eigenvalue weighted by molar-refractivity contribution is 5.55. The molecular weight excluding hydrogens is 208 g/mol. The third-order valence-corrected chi connectivity index (χ3v) is 3.16. The number of ether oxygens (including phenoxy) is 1. The maximum atomic E-state index is 5.91. The summed E-state index contributed by atoms with van der Waals surface area (Å²) in [5.74, 6) is 1.63. The van der Waals surface area contributed by atoms with Gasteiger partial charge in [-0.1, -0.05) is 64.0 Å². The van der Waals surface area contributed by atoms with Crippen molar-refractivity contribution in [3.63, 3.8) is 0 Å². The SMILES string of the molecule is C=Cc1ccccc1OCC(CC)CCCC. The molecule has 0 saturated heterocycles. The van der Waals surface area contributed by atoms with Crippen molar-refractivity contribution in [3.05, 3.63) is 36.4 Å². The van der Waals surface area contributed by atoms with Crippen molar-refractivity contribution in [2.24, 2.45) is 5.92 Å². The van der Waals surface area contributed by atoms with E-state index in [2.05, 4.69) is 20.4 Å². The van der Waals surface area contributed by atoms with Crippen molar-refractivity contribution in [2.75, 3.05) is 6.61 Å². The summed E-state index contributed by atoms with van der Waals surface area (Å²) in [7, 11) is 0. The second-order valence-corrected chi connectivity index (χ2v) is 4.47. The minimum atomic E-state index is 0.674. The van der Waals surface area contributed by atoms with Crippen LogP contribution in [0.25, 0.3) is 6.08 Å². The van der Waals surface area contributed by atoms with Crippen LogP contribution in [0.5, 0.6) is 5.75 Å². The van der Waals surface area contributed by atoms with E-state index in [9.17, 15) is 0 Å². The molecule has 0 N–H and O–H groups in total. The molecule has 94 valence electrons. The summed E-state index contributed by atoms with van der Waals surface area (Å²) in [4.78, 5) is 0. The van der Waals surface area contributed by atoms with E-state index in [1.165, 1.54) is 25.7 Å². The van der Waals surface area contributed by atoms with Crippen LogP contribution in [-0.2, 0) is 0 Å². The first-order valence-electron chi connectivity index (χ1n) is 6.66. The fraction of sp³-hybridized carbons (Fsp3) is 0.500. The van der Waals surface area contributed by atoms with Gasteiger partial charge in [-0.3, -0.25) is 0 Å². The summed E-state index contributed by atoms with van der Waals surface area (Å²) in [6.07, 6.45) is 6.87. The first-order valence-corrected chi connectivity index (χ1v) is 6.66. The van der Waals surface area contributed by atoms with Crippen LogP contribution < -0.4 is 4.74 Å². The molecule has 0 amide bonds. The Hall–Kier alpha value is -1.24. The lowest BCUT2D eigenvalue weighted by molar-refractivity contribution is 0.233. The quantitative estimate of drug-likeness (QED) is 0.618. The van der Waals surface area contributed by atoms with Crippen molar-refractivity contribution < 1.29 is 4.74 Å². The molecule has 0 aliphatic rings. The van der Waals surface area contributed by atoms with Crippen LogP contribution >= 0.6 is 0 Å². The van der Waals surface area contributed by atoms with Gasteiger partial charge in [0.15, 0.2) is 0 Å². The Morgan fingerprint density at radius 2 is 2.06 bits per heavy atom. The summed E-state index contributed by atoms with van der Waals surface area (Å²) in [6, 6.07) is 8.08. The predicted octanol–water partition coefficient (Wildman–Crippen LogP) is 4.92. The molecule has 0 bridgehead atoms. The minimum Gasteiger partial charge on any atom is -0.493 e. The first-order chi connectivity index (χ1) is 8.31. The lowest BCUT2D eigenvalue weighted by Crippen LogP contribution is -2.11. The van der Waals surface area contributed by atoms with Gasteiger partial charge in [0, 0.05) is 5.56 Å². The largest absolute Gasteiger partial charge is 0.493 e. The van der Waals surface area contributed by atoms with Gasteiger partial charge in [-0.2, -0.15) is 0 Å². The lowest BCUT2D eigenvalue weighted by atomic mass is 10.0. The molecular formula is C16H24O. The summed E-state index contributed by atoms with van der Waals surface area (Å²) >= 11 is 0. The Morgan fingerprint density at radius 3 is 2.71 bits per heavy atom. The molecule has 0 aliphatic heterocycles. The van der Waals surface area contributed by atoms with Crippen LogP contribution in [0.4, 0.5) is 0 Å². The molecule has 0 aliphatic carbocycles. The molecule has 1 unspecified atom stereocenters. The van der Waals surface area contributed by atoms with Crippen LogP contribution in [0, 0.1) is 5.92 Å². The molecule has 1 aromatic rings. The van der Waals surface area contributed by atoms with Crippen molar-refractivity contribution in [3.8, 4) is 5.75 Å². The molecule has 0 radical (unpaired) electrons. The van der Waals surface area contributed by atoms with Crippen LogP contribution in [0.1, 0.15) is 45.1 Å². The summed E-state index contributed by atoms with van der Waals surface area (Å²) in [5.41, 5.74) is 1.08. The Labute approximate surface area is 106 Å². The van der Waals surface area contributed by atoms with Gasteiger partial charge >= 0.3 is 0 Å². The van der Waals surface area contributed by atoms with Crippen molar-refractivity contribution in [1.82, 2.24) is 0 Å². The van der Waals surface area contributed by atoms with Crippen molar-refractivity contribution >= 4 is 6.08 Å². The Kier molecular flexibility index (Phi) is 6.46. The highest BCUT2D eigenvalue weighted by atomic mass is 16.5. The zero-order chi connectivity index (χ0) is 12.5. The van der Waals surface area contributed by atoms with Crippen molar-refractivity contribution in [2.45, 2.75) is 39.5 Å². The minimum absolute atomic E-state index is 0.674. The molecule has 1 nitrogen and oxygen atoms in total. The monoisotopic (exact) mass is 232 g/mol. The van der Waals surface area contributed by atoms with E-state index in [1.54, 1.807) is 0 Å². The van der Waals surface area contributed by atoms with E-state index in [0.717, 1.165) is 17.9 Å². The molecule has 0 spiro atoms. The molecule has 1 atom stereocenters. The molecule has 0 heterocycles. The number of hydrogen-bond donors (Lipinski definition) is 0. The van der Waals surface area contributed by atoms with E-state index >= 15 is 0 Å². The fourth-order valence-corrected chi connectivity index (χ4v) is 1.89. The van der Waals surface area contributed by atoms with Gasteiger partial charge in [0.1, 0.15) is 5.75 Å². The average Bonchev–Trinajstić information content (AvgIpc) is 2.39. The molecule has 1 heteroatoms. The number of para-hydroxylation sites is 1. The maximum Gasteiger partial charge on any atom is 0.126 e. The highest BCUT2D eigenvalue weighted by Crippen LogP contribution is 2.21. The fourth-order valence-electron chi connectivity index (χ4n) is 1.89. The van der Waals surface area contributed by atoms with Gasteiger partial charge in [-0.05, 0) is 18.4 Å². The number of rotatable bonds is 8. The lowest BCUT2D eigenvalue weighted by Gasteiger charge is -2.16. The molecule has 0 fully saturated rings. The third-order valence-electron chi connectivity index (χ3n) is 3.16. The maximum absolute atomic E-state index is 5.91. The Balaban J connectivity index is 2.50. The summed E-state index contributed by atoms with van der Waals surface area (Å²) in [5, 5.41) is 0. The summed E-state index contributed by atoms with van der Waals surface area (Å²) in [6.45, 7) is 9.11. The van der Waals surface area contributed by atoms with Gasteiger partial charge < -0.3 is 4.74 Å². The molecule has 0 aromatic heterocycles. The van der Waals surface area contributed by atoms with Gasteiger partial charge in [-0.15, -0.1) is 0 Å². The zero-order valence-corrected chi connectivity index (χ0v) is 11.1. The van der Waals surface area contributed by atoms with E-state index < -0.39 is 0 Å². The van der Waals surface area contributed by atoms with E-state index in [4.69, 9.17) is 4.74 Å². The second kappa shape index (κ2) is 7.94. The smallest absolute Gasteiger partial charge is 0.126 e. The first kappa shape index (κ1) is 13.8. The van der Waals surface area contributed by atoms with E-state index in [1.807, 2.05) is 30.3 Å². The van der Waals surface area contributed by atoms with E-state index in [0.29, 0.717) is 5.92 Å².